The Labute approximate surface area is 194 Å². The average Bonchev–Trinajstić information content (AvgIpc) is 2.78. The topological polar surface area (TPSA) is 62.9 Å². The fraction of sp³-hybridized carbons (Fsp3) is 0.519. The van der Waals surface area contributed by atoms with Crippen molar-refractivity contribution in [2.75, 3.05) is 26.2 Å². The largest absolute Gasteiger partial charge is 0.489 e. The molecule has 1 atom stereocenters. The number of nitrogens with two attached hydrogens (primary N) is 1. The zero-order chi connectivity index (χ0) is 23.0. The van der Waals surface area contributed by atoms with Crippen molar-refractivity contribution in [2.24, 2.45) is 16.6 Å². The first kappa shape index (κ1) is 24.1. The number of rotatable bonds is 7. The molecule has 5 heteroatoms. The average molecular weight is 437 g/mol. The summed E-state index contributed by atoms with van der Waals surface area (Å²) in [5, 5.41) is 3.50. The fourth-order valence-electron chi connectivity index (χ4n) is 3.91. The summed E-state index contributed by atoms with van der Waals surface area (Å²) in [6, 6.07) is 16.7. The van der Waals surface area contributed by atoms with Crippen LogP contribution in [0.25, 0.3) is 0 Å². The van der Waals surface area contributed by atoms with E-state index in [1.165, 1.54) is 24.0 Å². The van der Waals surface area contributed by atoms with Crippen molar-refractivity contribution in [2.45, 2.75) is 59.0 Å². The van der Waals surface area contributed by atoms with E-state index in [0.717, 1.165) is 43.5 Å². The number of nitrogens with zero attached hydrogens (tertiary/aromatic N) is 2. The fourth-order valence-corrected chi connectivity index (χ4v) is 3.91. The van der Waals surface area contributed by atoms with Gasteiger partial charge in [0.1, 0.15) is 12.4 Å². The van der Waals surface area contributed by atoms with Crippen LogP contribution in [0.15, 0.2) is 53.5 Å². The number of aliphatic imine (C=N–C) groups is 1. The van der Waals surface area contributed by atoms with E-state index in [1.54, 1.807) is 0 Å². The van der Waals surface area contributed by atoms with E-state index in [0.29, 0.717) is 19.1 Å². The summed E-state index contributed by atoms with van der Waals surface area (Å²) in [6.07, 6.45) is 3.44. The number of hydrogen-bond donors (Lipinski definition) is 2. The van der Waals surface area contributed by atoms with E-state index in [-0.39, 0.29) is 5.41 Å². The maximum atomic E-state index is 6.00. The third-order valence-electron chi connectivity index (χ3n) is 5.92. The van der Waals surface area contributed by atoms with Crippen molar-refractivity contribution in [1.29, 1.82) is 0 Å². The molecular formula is C27H40N4O. The molecule has 2 aromatic carbocycles. The van der Waals surface area contributed by atoms with Gasteiger partial charge in [0.05, 0.1) is 5.69 Å². The molecule has 0 bridgehead atoms. The van der Waals surface area contributed by atoms with Gasteiger partial charge >= 0.3 is 0 Å². The van der Waals surface area contributed by atoms with Gasteiger partial charge in [-0.2, -0.15) is 0 Å². The maximum Gasteiger partial charge on any atom is 0.199 e. The zero-order valence-electron chi connectivity index (χ0n) is 20.2. The van der Waals surface area contributed by atoms with Crippen LogP contribution in [0.3, 0.4) is 0 Å². The minimum absolute atomic E-state index is 0.167. The van der Waals surface area contributed by atoms with Crippen LogP contribution >= 0.6 is 0 Å². The number of benzene rings is 2. The molecule has 0 saturated carbocycles. The number of likely N-dealkylation sites (tertiary alicyclic amines) is 1. The van der Waals surface area contributed by atoms with Crippen LogP contribution < -0.4 is 15.8 Å². The highest BCUT2D eigenvalue weighted by Crippen LogP contribution is 2.24. The highest BCUT2D eigenvalue weighted by molar-refractivity contribution is 5.83. The van der Waals surface area contributed by atoms with Gasteiger partial charge in [0.2, 0.25) is 0 Å². The molecule has 0 spiro atoms. The molecule has 1 heterocycles. The molecule has 0 radical (unpaired) electrons. The summed E-state index contributed by atoms with van der Waals surface area (Å²) >= 11 is 0. The standard InChI is InChI=1S/C27H40N4O/c1-21-7-5-18-31(19-21)26(29-17-6-16-28)30-24-12-14-25(15-13-24)32-20-22-8-10-23(11-9-22)27(2,3)4/h8-15,21H,5-7,16-20,28H2,1-4H3,(H,29,30). The number of ether oxygens (including phenoxy) is 1. The van der Waals surface area contributed by atoms with Crippen molar-refractivity contribution in [3.8, 4) is 5.75 Å². The summed E-state index contributed by atoms with van der Waals surface area (Å²) in [5.41, 5.74) is 9.28. The Balaban J connectivity index is 1.62. The highest BCUT2D eigenvalue weighted by atomic mass is 16.5. The Morgan fingerprint density at radius 3 is 2.47 bits per heavy atom. The second-order valence-corrected chi connectivity index (χ2v) is 9.93. The lowest BCUT2D eigenvalue weighted by Crippen LogP contribution is -2.46. The van der Waals surface area contributed by atoms with Crippen molar-refractivity contribution in [1.82, 2.24) is 10.2 Å². The van der Waals surface area contributed by atoms with Crippen molar-refractivity contribution in [3.05, 3.63) is 59.7 Å². The summed E-state index contributed by atoms with van der Waals surface area (Å²) < 4.78 is 6.00. The number of piperidine rings is 1. The van der Waals surface area contributed by atoms with Crippen LogP contribution in [-0.2, 0) is 12.0 Å². The van der Waals surface area contributed by atoms with Crippen molar-refractivity contribution < 1.29 is 4.74 Å². The molecule has 1 saturated heterocycles. The Kier molecular flexibility index (Phi) is 8.57. The summed E-state index contributed by atoms with van der Waals surface area (Å²) in [6.45, 7) is 13.2. The Morgan fingerprint density at radius 1 is 1.12 bits per heavy atom. The predicted molar refractivity (Wildman–Crippen MR) is 135 cm³/mol. The lowest BCUT2D eigenvalue weighted by molar-refractivity contribution is 0.266. The quantitative estimate of drug-likeness (QED) is 0.355. The number of guanidine groups is 1. The number of nitrogens with one attached hydrogen (secondary N) is 1. The van der Waals surface area contributed by atoms with Crippen LogP contribution in [0.4, 0.5) is 5.69 Å². The van der Waals surface area contributed by atoms with Crippen LogP contribution in [-0.4, -0.2) is 37.0 Å². The first-order chi connectivity index (χ1) is 15.3. The molecule has 5 nitrogen and oxygen atoms in total. The molecule has 3 N–H and O–H groups in total. The van der Waals surface area contributed by atoms with Gasteiger partial charge in [-0.15, -0.1) is 0 Å². The van der Waals surface area contributed by atoms with E-state index >= 15 is 0 Å². The molecule has 174 valence electrons. The normalized spacial score (nSPS) is 17.3. The Bertz CT molecular complexity index is 853. The molecule has 32 heavy (non-hydrogen) atoms. The van der Waals surface area contributed by atoms with Crippen molar-refractivity contribution >= 4 is 11.6 Å². The highest BCUT2D eigenvalue weighted by Gasteiger charge is 2.19. The second kappa shape index (κ2) is 11.4. The molecular weight excluding hydrogens is 396 g/mol. The minimum Gasteiger partial charge on any atom is -0.489 e. The predicted octanol–water partition coefficient (Wildman–Crippen LogP) is 5.22. The van der Waals surface area contributed by atoms with E-state index < -0.39 is 0 Å². The van der Waals surface area contributed by atoms with Gasteiger partial charge < -0.3 is 20.7 Å². The summed E-state index contributed by atoms with van der Waals surface area (Å²) in [5.74, 6) is 2.50. The molecule has 1 fully saturated rings. The molecule has 1 aliphatic heterocycles. The first-order valence-corrected chi connectivity index (χ1v) is 11.9. The monoisotopic (exact) mass is 436 g/mol. The third kappa shape index (κ3) is 7.27. The van der Waals surface area contributed by atoms with E-state index in [2.05, 4.69) is 62.2 Å². The third-order valence-corrected chi connectivity index (χ3v) is 5.92. The van der Waals surface area contributed by atoms with Gasteiger partial charge in [-0.1, -0.05) is 52.0 Å². The zero-order valence-corrected chi connectivity index (χ0v) is 20.2. The summed E-state index contributed by atoms with van der Waals surface area (Å²) in [4.78, 5) is 7.29. The maximum absolute atomic E-state index is 6.00. The molecule has 1 unspecified atom stereocenters. The van der Waals surface area contributed by atoms with Gasteiger partial charge in [-0.3, -0.25) is 0 Å². The molecule has 2 aromatic rings. The van der Waals surface area contributed by atoms with Crippen LogP contribution in [0.2, 0.25) is 0 Å². The van der Waals surface area contributed by atoms with Crippen LogP contribution in [0, 0.1) is 5.92 Å². The lowest BCUT2D eigenvalue weighted by Gasteiger charge is -2.33. The van der Waals surface area contributed by atoms with Crippen LogP contribution in [0.5, 0.6) is 5.75 Å². The van der Waals surface area contributed by atoms with Gasteiger partial charge in [0.25, 0.3) is 0 Å². The smallest absolute Gasteiger partial charge is 0.199 e. The number of hydrogen-bond acceptors (Lipinski definition) is 3. The van der Waals surface area contributed by atoms with Gasteiger partial charge in [-0.05, 0) is 72.5 Å². The minimum atomic E-state index is 0.167. The Hall–Kier alpha value is -2.53. The molecule has 1 aliphatic rings. The Morgan fingerprint density at radius 2 is 1.84 bits per heavy atom. The van der Waals surface area contributed by atoms with Gasteiger partial charge in [0, 0.05) is 19.6 Å². The molecule has 0 aliphatic carbocycles. The summed E-state index contributed by atoms with van der Waals surface area (Å²) in [7, 11) is 0. The van der Waals surface area contributed by atoms with Gasteiger partial charge in [0.15, 0.2) is 5.96 Å². The first-order valence-electron chi connectivity index (χ1n) is 11.9. The molecule has 3 rings (SSSR count). The SMILES string of the molecule is CC1CCCN(C(=Nc2ccc(OCc3ccc(C(C)(C)C)cc3)cc2)NCCCN)C1. The molecule has 0 aromatic heterocycles. The van der Waals surface area contributed by atoms with E-state index in [4.69, 9.17) is 15.5 Å². The second-order valence-electron chi connectivity index (χ2n) is 9.93. The van der Waals surface area contributed by atoms with Crippen LogP contribution in [0.1, 0.15) is 58.1 Å². The molecule has 0 amide bonds. The van der Waals surface area contributed by atoms with E-state index in [1.807, 2.05) is 24.3 Å². The van der Waals surface area contributed by atoms with Crippen molar-refractivity contribution in [3.63, 3.8) is 0 Å². The lowest BCUT2D eigenvalue weighted by atomic mass is 9.87. The van der Waals surface area contributed by atoms with Gasteiger partial charge in [-0.25, -0.2) is 4.99 Å². The van der Waals surface area contributed by atoms with E-state index in [9.17, 15) is 0 Å².